The Morgan fingerprint density at radius 1 is 1.75 bits per heavy atom. The second-order valence-corrected chi connectivity index (χ2v) is 3.83. The van der Waals surface area contributed by atoms with Crippen molar-refractivity contribution in [3.63, 3.8) is 0 Å². The molecule has 3 nitrogen and oxygen atoms in total. The average molecular weight is 183 g/mol. The lowest BCUT2D eigenvalue weighted by Gasteiger charge is -2.16. The van der Waals surface area contributed by atoms with Crippen molar-refractivity contribution >= 4 is 17.3 Å². The van der Waals surface area contributed by atoms with Crippen molar-refractivity contribution in [3.05, 3.63) is 16.1 Å². The highest BCUT2D eigenvalue weighted by Gasteiger charge is 2.27. The summed E-state index contributed by atoms with van der Waals surface area (Å²) in [6.45, 7) is 0. The van der Waals surface area contributed by atoms with Crippen molar-refractivity contribution in [2.75, 3.05) is 0 Å². The number of aromatic nitrogens is 1. The average Bonchev–Trinajstić information content (AvgIpc) is 2.49. The number of carbonyl (C=O) groups is 1. The largest absolute Gasteiger partial charge is 0.481 e. The number of carboxylic acid groups (broad SMARTS) is 1. The molecule has 1 N–H and O–H groups in total. The normalized spacial score (nSPS) is 21.8. The molecule has 0 saturated heterocycles. The molecule has 1 aromatic rings. The van der Waals surface area contributed by atoms with Crippen molar-refractivity contribution in [1.82, 2.24) is 4.98 Å². The standard InChI is InChI=1S/C8H9NO2S/c10-8(11)5-2-1-3-6-7(5)12-4-9-6/h4-5H,1-3H2,(H,10,11)/t5-/m1/s1. The number of aliphatic carboxylic acids is 1. The van der Waals surface area contributed by atoms with E-state index in [1.807, 2.05) is 0 Å². The van der Waals surface area contributed by atoms with Gasteiger partial charge in [-0.05, 0) is 19.3 Å². The number of aryl methyl sites for hydroxylation is 1. The summed E-state index contributed by atoms with van der Waals surface area (Å²) in [5, 5.41) is 8.88. The SMILES string of the molecule is O=C(O)[C@@H]1CCCc2ncsc21. The summed E-state index contributed by atoms with van der Waals surface area (Å²) in [4.78, 5) is 15.9. The quantitative estimate of drug-likeness (QED) is 0.720. The van der Waals surface area contributed by atoms with Crippen LogP contribution in [-0.4, -0.2) is 16.1 Å². The Hall–Kier alpha value is -0.900. The molecule has 2 rings (SSSR count). The molecule has 0 bridgehead atoms. The first kappa shape index (κ1) is 7.73. The molecule has 0 amide bonds. The highest BCUT2D eigenvalue weighted by molar-refractivity contribution is 7.10. The lowest BCUT2D eigenvalue weighted by atomic mass is 9.92. The maximum absolute atomic E-state index is 10.8. The van der Waals surface area contributed by atoms with Crippen LogP contribution in [0.1, 0.15) is 29.3 Å². The van der Waals surface area contributed by atoms with Gasteiger partial charge in [0.2, 0.25) is 0 Å². The van der Waals surface area contributed by atoms with E-state index >= 15 is 0 Å². The Bertz CT molecular complexity index is 308. The molecule has 0 unspecified atom stereocenters. The van der Waals surface area contributed by atoms with E-state index < -0.39 is 5.97 Å². The highest BCUT2D eigenvalue weighted by Crippen LogP contribution is 2.33. The van der Waals surface area contributed by atoms with Gasteiger partial charge in [0.1, 0.15) is 0 Å². The zero-order valence-corrected chi connectivity index (χ0v) is 7.30. The molecule has 0 fully saturated rings. The smallest absolute Gasteiger partial charge is 0.311 e. The Morgan fingerprint density at radius 3 is 3.33 bits per heavy atom. The van der Waals surface area contributed by atoms with Crippen LogP contribution in [0.5, 0.6) is 0 Å². The maximum Gasteiger partial charge on any atom is 0.311 e. The monoisotopic (exact) mass is 183 g/mol. The molecule has 12 heavy (non-hydrogen) atoms. The first-order valence-electron chi connectivity index (χ1n) is 3.94. The van der Waals surface area contributed by atoms with Crippen LogP contribution in [0.4, 0.5) is 0 Å². The fourth-order valence-corrected chi connectivity index (χ4v) is 2.56. The summed E-state index contributed by atoms with van der Waals surface area (Å²) in [5.74, 6) is -0.999. The van der Waals surface area contributed by atoms with Gasteiger partial charge < -0.3 is 5.11 Å². The summed E-state index contributed by atoms with van der Waals surface area (Å²) < 4.78 is 0. The molecule has 0 aliphatic heterocycles. The lowest BCUT2D eigenvalue weighted by molar-refractivity contribution is -0.139. The number of hydrogen-bond acceptors (Lipinski definition) is 3. The molecule has 0 saturated carbocycles. The van der Waals surface area contributed by atoms with Crippen LogP contribution < -0.4 is 0 Å². The molecule has 1 aromatic heterocycles. The molecule has 0 aromatic carbocycles. The number of carboxylic acids is 1. The van der Waals surface area contributed by atoms with Crippen LogP contribution in [0.3, 0.4) is 0 Å². The van der Waals surface area contributed by atoms with Crippen molar-refractivity contribution < 1.29 is 9.90 Å². The summed E-state index contributed by atoms with van der Waals surface area (Å²) in [6.07, 6.45) is 2.67. The van der Waals surface area contributed by atoms with E-state index in [-0.39, 0.29) is 5.92 Å². The predicted molar refractivity (Wildman–Crippen MR) is 45.4 cm³/mol. The van der Waals surface area contributed by atoms with Crippen LogP contribution in [-0.2, 0) is 11.2 Å². The number of hydrogen-bond donors (Lipinski definition) is 1. The summed E-state index contributed by atoms with van der Waals surface area (Å²) >= 11 is 1.47. The highest BCUT2D eigenvalue weighted by atomic mass is 32.1. The molecule has 64 valence electrons. The van der Waals surface area contributed by atoms with Crippen LogP contribution in [0, 0.1) is 0 Å². The van der Waals surface area contributed by atoms with E-state index in [1.165, 1.54) is 11.3 Å². The predicted octanol–water partition coefficient (Wildman–Crippen LogP) is 1.65. The third-order valence-corrected chi connectivity index (χ3v) is 3.18. The van der Waals surface area contributed by atoms with Gasteiger partial charge in [-0.3, -0.25) is 4.79 Å². The van der Waals surface area contributed by atoms with Gasteiger partial charge in [-0.2, -0.15) is 0 Å². The molecule has 1 heterocycles. The zero-order valence-electron chi connectivity index (χ0n) is 6.49. The zero-order chi connectivity index (χ0) is 8.55. The number of nitrogens with zero attached hydrogens (tertiary/aromatic N) is 1. The van der Waals surface area contributed by atoms with Crippen LogP contribution in [0.15, 0.2) is 5.51 Å². The first-order chi connectivity index (χ1) is 5.79. The molecule has 1 aliphatic carbocycles. The van der Waals surface area contributed by atoms with Crippen molar-refractivity contribution in [1.29, 1.82) is 0 Å². The number of rotatable bonds is 1. The van der Waals surface area contributed by atoms with E-state index in [0.717, 1.165) is 29.8 Å². The van der Waals surface area contributed by atoms with Crippen LogP contribution in [0.2, 0.25) is 0 Å². The van der Waals surface area contributed by atoms with Crippen LogP contribution in [0.25, 0.3) is 0 Å². The van der Waals surface area contributed by atoms with E-state index in [1.54, 1.807) is 5.51 Å². The Morgan fingerprint density at radius 2 is 2.58 bits per heavy atom. The van der Waals surface area contributed by atoms with Gasteiger partial charge in [-0.15, -0.1) is 11.3 Å². The van der Waals surface area contributed by atoms with Gasteiger partial charge in [-0.25, -0.2) is 4.98 Å². The first-order valence-corrected chi connectivity index (χ1v) is 4.82. The summed E-state index contributed by atoms with van der Waals surface area (Å²) in [5.41, 5.74) is 2.74. The fraction of sp³-hybridized carbons (Fsp3) is 0.500. The fourth-order valence-electron chi connectivity index (χ4n) is 1.59. The van der Waals surface area contributed by atoms with E-state index in [9.17, 15) is 4.79 Å². The van der Waals surface area contributed by atoms with E-state index in [0.29, 0.717) is 0 Å². The van der Waals surface area contributed by atoms with Gasteiger partial charge in [0, 0.05) is 4.88 Å². The minimum atomic E-state index is -0.708. The minimum absolute atomic E-state index is 0.291. The van der Waals surface area contributed by atoms with Gasteiger partial charge in [-0.1, -0.05) is 0 Å². The molecular weight excluding hydrogens is 174 g/mol. The molecule has 1 atom stereocenters. The Balaban J connectivity index is 2.37. The second-order valence-electron chi connectivity index (χ2n) is 2.95. The van der Waals surface area contributed by atoms with Crippen molar-refractivity contribution in [3.8, 4) is 0 Å². The number of thiazole rings is 1. The molecule has 0 spiro atoms. The van der Waals surface area contributed by atoms with Gasteiger partial charge in [0.05, 0.1) is 17.1 Å². The molecule has 4 heteroatoms. The number of fused-ring (bicyclic) bond motifs is 1. The molecule has 1 aliphatic rings. The van der Waals surface area contributed by atoms with E-state index in [4.69, 9.17) is 5.11 Å². The van der Waals surface area contributed by atoms with E-state index in [2.05, 4.69) is 4.98 Å². The third-order valence-electron chi connectivity index (χ3n) is 2.19. The van der Waals surface area contributed by atoms with Gasteiger partial charge in [0.25, 0.3) is 0 Å². The Kier molecular flexibility index (Phi) is 1.84. The summed E-state index contributed by atoms with van der Waals surface area (Å²) in [7, 11) is 0. The molecular formula is C8H9NO2S. The summed E-state index contributed by atoms with van der Waals surface area (Å²) in [6, 6.07) is 0. The van der Waals surface area contributed by atoms with Crippen LogP contribution >= 0.6 is 11.3 Å². The third kappa shape index (κ3) is 1.12. The van der Waals surface area contributed by atoms with Gasteiger partial charge >= 0.3 is 5.97 Å². The van der Waals surface area contributed by atoms with Crippen molar-refractivity contribution in [2.45, 2.75) is 25.2 Å². The second kappa shape index (κ2) is 2.86. The maximum atomic E-state index is 10.8. The minimum Gasteiger partial charge on any atom is -0.481 e. The Labute approximate surface area is 74.1 Å². The van der Waals surface area contributed by atoms with Gasteiger partial charge in [0.15, 0.2) is 0 Å². The topological polar surface area (TPSA) is 50.2 Å². The van der Waals surface area contributed by atoms with Crippen molar-refractivity contribution in [2.24, 2.45) is 0 Å². The molecule has 0 radical (unpaired) electrons. The lowest BCUT2D eigenvalue weighted by Crippen LogP contribution is -2.16.